The van der Waals surface area contributed by atoms with Gasteiger partial charge < -0.3 is 75.7 Å². The molecule has 0 saturated heterocycles. The van der Waals surface area contributed by atoms with Crippen molar-refractivity contribution in [2.75, 3.05) is 76.7 Å². The minimum atomic E-state index is -0.915. The summed E-state index contributed by atoms with van der Waals surface area (Å²) in [6.45, 7) is 14.5. The predicted octanol–water partition coefficient (Wildman–Crippen LogP) is 6.93. The molecule has 0 bridgehead atoms. The van der Waals surface area contributed by atoms with Gasteiger partial charge in [0.2, 0.25) is 0 Å². The van der Waals surface area contributed by atoms with E-state index >= 15 is 0 Å². The number of nitrogens with zero attached hydrogens (tertiary/aromatic N) is 6. The average Bonchev–Trinajstić information content (AvgIpc) is 1.18. The maximum absolute atomic E-state index is 12.1. The number of carbonyl (C=O) groups excluding carboxylic acids is 5. The van der Waals surface area contributed by atoms with Crippen LogP contribution in [0, 0.1) is 0 Å². The Bertz CT molecular complexity index is 3350. The third kappa shape index (κ3) is 26.0. The van der Waals surface area contributed by atoms with Gasteiger partial charge in [-0.25, -0.2) is 34.1 Å². The lowest BCUT2D eigenvalue weighted by atomic mass is 10.1. The second-order valence-corrected chi connectivity index (χ2v) is 23.9. The Balaban J connectivity index is 0.000000206. The number of methoxy groups -OCH3 is 3. The number of rotatable bonds is 21. The van der Waals surface area contributed by atoms with Gasteiger partial charge in [0.25, 0.3) is 0 Å². The summed E-state index contributed by atoms with van der Waals surface area (Å²) < 4.78 is 35.9. The molecule has 9 N–H and O–H groups in total. The highest BCUT2D eigenvalue weighted by molar-refractivity contribution is 5.82. The van der Waals surface area contributed by atoms with Gasteiger partial charge in [0.15, 0.2) is 0 Å². The maximum atomic E-state index is 12.1. The van der Waals surface area contributed by atoms with Crippen LogP contribution < -0.4 is 41.8 Å². The first kappa shape index (κ1) is 72.6. The molecule has 9 rings (SSSR count). The van der Waals surface area contributed by atoms with Crippen molar-refractivity contribution < 1.29 is 67.3 Å². The molecule has 3 atom stereocenters. The Morgan fingerprint density at radius 2 is 0.871 bits per heavy atom. The highest BCUT2D eigenvalue weighted by atomic mass is 16.6. The van der Waals surface area contributed by atoms with Gasteiger partial charge in [-0.15, -0.1) is 0 Å². The van der Waals surface area contributed by atoms with Gasteiger partial charge in [-0.2, -0.15) is 0 Å². The van der Waals surface area contributed by atoms with Gasteiger partial charge in [-0.1, -0.05) is 18.2 Å². The Hall–Kier alpha value is -9.43. The maximum Gasteiger partial charge on any atom is 0.408 e. The highest BCUT2D eigenvalue weighted by Crippen LogP contribution is 2.23. The smallest absolute Gasteiger partial charge is 0.408 e. The number of anilines is 3. The second kappa shape index (κ2) is 36.6. The van der Waals surface area contributed by atoms with Crippen LogP contribution in [-0.4, -0.2) is 160 Å². The van der Waals surface area contributed by atoms with E-state index in [0.29, 0.717) is 55.4 Å². The fourth-order valence-electron chi connectivity index (χ4n) is 9.41. The third-order valence-electron chi connectivity index (χ3n) is 14.0. The molecule has 0 aliphatic carbocycles. The topological polar surface area (TPSA) is 354 Å². The van der Waals surface area contributed by atoms with Gasteiger partial charge in [-0.05, 0) is 151 Å². The van der Waals surface area contributed by atoms with Crippen LogP contribution in [0.2, 0.25) is 0 Å². The molecule has 2 amide bonds. The summed E-state index contributed by atoms with van der Waals surface area (Å²) in [6, 6.07) is 20.1. The van der Waals surface area contributed by atoms with E-state index in [1.165, 1.54) is 56.7 Å². The lowest BCUT2D eigenvalue weighted by molar-refractivity contribution is -0.143. The van der Waals surface area contributed by atoms with Crippen molar-refractivity contribution in [1.29, 1.82) is 0 Å². The summed E-state index contributed by atoms with van der Waals surface area (Å²) in [5, 5.41) is 32.9. The van der Waals surface area contributed by atoms with Gasteiger partial charge in [0.05, 0.1) is 53.1 Å². The Kier molecular flexibility index (Phi) is 28.6. The molecular formula is C67H90N12O14. The summed E-state index contributed by atoms with van der Waals surface area (Å²) in [5.41, 5.74) is 13.0. The zero-order valence-electron chi connectivity index (χ0n) is 54.7. The number of esters is 3. The summed E-state index contributed by atoms with van der Waals surface area (Å²) in [6.07, 6.45) is 12.5. The van der Waals surface area contributed by atoms with Gasteiger partial charge in [0, 0.05) is 98.9 Å². The number of alkyl carbamates (subject to hydrolysis) is 2. The van der Waals surface area contributed by atoms with E-state index in [2.05, 4.69) is 90.2 Å². The van der Waals surface area contributed by atoms with Crippen molar-refractivity contribution in [3.8, 4) is 17.2 Å². The number of pyridine rings is 6. The number of aryl methyl sites for hydroxylation is 3. The molecule has 0 aromatic carbocycles. The van der Waals surface area contributed by atoms with Crippen LogP contribution in [0.25, 0.3) is 0 Å². The third-order valence-corrected chi connectivity index (χ3v) is 14.0. The van der Waals surface area contributed by atoms with Gasteiger partial charge >= 0.3 is 30.1 Å². The zero-order valence-corrected chi connectivity index (χ0v) is 54.7. The number of aromatic nitrogens is 6. The van der Waals surface area contributed by atoms with Crippen molar-refractivity contribution in [3.63, 3.8) is 0 Å². The van der Waals surface area contributed by atoms with E-state index in [1.54, 1.807) is 78.2 Å². The van der Waals surface area contributed by atoms with Crippen LogP contribution in [0.15, 0.2) is 91.4 Å². The number of fused-ring (bicyclic) bond motifs is 3. The van der Waals surface area contributed by atoms with Crippen LogP contribution >= 0.6 is 0 Å². The monoisotopic (exact) mass is 1290 g/mol. The lowest BCUT2D eigenvalue weighted by Crippen LogP contribution is -2.45. The molecule has 502 valence electrons. The van der Waals surface area contributed by atoms with E-state index in [1.807, 2.05) is 18.2 Å². The zero-order chi connectivity index (χ0) is 67.3. The molecule has 93 heavy (non-hydrogen) atoms. The SMILES string of the molecule is COC(=O)[C@@H](N)Cc1ccc(OCCc2ccc3c(n2)NCCC3)cn1.COC(=O)[C@H](Cc1ccc(O)cn1)NC(=O)OC(C)(C)C.COC(=O)[C@H](Cc1ccc(OCCc2ccc3c(n2)NCCC3)cn1)NC(=O)OC(C)(C)C.OCCc1ccc2c(n1)NCCC2. The number of hydrogen-bond acceptors (Lipinski definition) is 24. The second-order valence-electron chi connectivity index (χ2n) is 23.9. The summed E-state index contributed by atoms with van der Waals surface area (Å²) in [5.74, 6) is 2.68. The fraction of sp³-hybridized carbons (Fsp3) is 0.478. The van der Waals surface area contributed by atoms with E-state index in [-0.39, 0.29) is 25.2 Å². The average molecular weight is 1290 g/mol. The van der Waals surface area contributed by atoms with Crippen LogP contribution in [0.5, 0.6) is 17.2 Å². The van der Waals surface area contributed by atoms with Gasteiger partial charge in [-0.3, -0.25) is 19.7 Å². The quantitative estimate of drug-likeness (QED) is 0.0267. The molecule has 9 heterocycles. The minimum absolute atomic E-state index is 0.0217. The van der Waals surface area contributed by atoms with Crippen LogP contribution in [0.3, 0.4) is 0 Å². The van der Waals surface area contributed by atoms with Gasteiger partial charge in [0.1, 0.15) is 64.0 Å². The fourth-order valence-corrected chi connectivity index (χ4v) is 9.41. The van der Waals surface area contributed by atoms with E-state index in [4.69, 9.17) is 34.5 Å². The van der Waals surface area contributed by atoms with Crippen molar-refractivity contribution in [3.05, 3.63) is 142 Å². The molecule has 3 aliphatic heterocycles. The number of aromatic hydroxyl groups is 1. The molecule has 0 spiro atoms. The molecule has 3 aliphatic rings. The van der Waals surface area contributed by atoms with E-state index in [9.17, 15) is 29.1 Å². The molecule has 6 aromatic rings. The number of aliphatic hydroxyl groups excluding tert-OH is 1. The molecule has 6 aromatic heterocycles. The Morgan fingerprint density at radius 3 is 1.22 bits per heavy atom. The van der Waals surface area contributed by atoms with E-state index in [0.717, 1.165) is 98.4 Å². The first-order chi connectivity index (χ1) is 44.5. The van der Waals surface area contributed by atoms with Crippen molar-refractivity contribution in [1.82, 2.24) is 40.5 Å². The molecule has 0 saturated carbocycles. The highest BCUT2D eigenvalue weighted by Gasteiger charge is 2.28. The molecule has 0 radical (unpaired) electrons. The lowest BCUT2D eigenvalue weighted by Gasteiger charge is -2.22. The largest absolute Gasteiger partial charge is 0.506 e. The standard InChI is InChI=1S/C24H32N4O5.C19H24N4O3.C14H20N2O5.C10H14N2O/c1-24(2,3)33-23(30)28-20(22(29)31-4)14-18-9-10-19(15-26-18)32-13-11-17-8-7-16-6-5-12-25-21(16)27-17;1-25-19(24)17(20)11-15-6-7-16(12-22-15)26-10-8-14-5-4-13-3-2-9-21-18(13)23-14;1-14(2,3)21-13(19)16-11(12(18)20-4)7-9-5-6-10(17)8-15-9;13-7-5-9-4-3-8-2-1-6-11-10(8)12-9/h7-10,15,20H,5-6,11-14H2,1-4H3,(H,25,27)(H,28,30);4-7,12,17H,2-3,8-11,20H2,1H3,(H,21,23);5-6,8,11,17H,7H2,1-4H3,(H,16,19);3-4,13H,1-2,5-7H2,(H,11,12)/t20-;17-;11-;/m000./s1. The number of nitrogens with one attached hydrogen (secondary N) is 5. The minimum Gasteiger partial charge on any atom is -0.506 e. The van der Waals surface area contributed by atoms with Crippen molar-refractivity contribution in [2.24, 2.45) is 5.73 Å². The number of hydrogen-bond donors (Lipinski definition) is 8. The molecule has 26 nitrogen and oxygen atoms in total. The Labute approximate surface area is 543 Å². The van der Waals surface area contributed by atoms with Crippen molar-refractivity contribution >= 4 is 47.5 Å². The van der Waals surface area contributed by atoms with Crippen LogP contribution in [0.1, 0.15) is 112 Å². The molecule has 0 unspecified atom stereocenters. The number of aliphatic hydroxyl groups is 1. The first-order valence-corrected chi connectivity index (χ1v) is 31.1. The number of amides is 2. The first-order valence-electron chi connectivity index (χ1n) is 31.1. The van der Waals surface area contributed by atoms with Crippen LogP contribution in [-0.2, 0) is 95.9 Å². The summed E-state index contributed by atoms with van der Waals surface area (Å²) >= 11 is 0. The predicted molar refractivity (Wildman–Crippen MR) is 348 cm³/mol. The molecular weight excluding hydrogens is 1200 g/mol. The van der Waals surface area contributed by atoms with Crippen molar-refractivity contribution in [2.45, 2.75) is 148 Å². The number of carbonyl (C=O) groups is 5. The summed E-state index contributed by atoms with van der Waals surface area (Å²) in [4.78, 5) is 85.3. The summed E-state index contributed by atoms with van der Waals surface area (Å²) in [7, 11) is 3.82. The Morgan fingerprint density at radius 1 is 0.505 bits per heavy atom. The number of ether oxygens (including phenoxy) is 7. The normalized spacial score (nSPS) is 13.7. The molecule has 0 fully saturated rings. The van der Waals surface area contributed by atoms with Crippen LogP contribution in [0.4, 0.5) is 27.0 Å². The molecule has 26 heteroatoms. The number of nitrogens with two attached hydrogens (primary N) is 1. The van der Waals surface area contributed by atoms with E-state index < -0.39 is 59.4 Å².